The van der Waals surface area contributed by atoms with Crippen LogP contribution >= 0.6 is 0 Å². The third-order valence-corrected chi connectivity index (χ3v) is 6.66. The molecule has 0 fully saturated rings. The topological polar surface area (TPSA) is 64.0 Å². The van der Waals surface area contributed by atoms with E-state index in [4.69, 9.17) is 0 Å². The second-order valence-corrected chi connectivity index (χ2v) is 8.65. The second kappa shape index (κ2) is 6.33. The van der Waals surface area contributed by atoms with Gasteiger partial charge in [0.2, 0.25) is 10.0 Å². The van der Waals surface area contributed by atoms with Crippen LogP contribution in [0.3, 0.4) is 0 Å². The molecule has 6 heteroatoms. The Morgan fingerprint density at radius 1 is 1.21 bits per heavy atom. The van der Waals surface area contributed by atoms with Gasteiger partial charge in [0.25, 0.3) is 0 Å². The molecule has 2 heterocycles. The molecule has 0 amide bonds. The minimum absolute atomic E-state index is 0.312. The molecule has 1 aromatic heterocycles. The van der Waals surface area contributed by atoms with Crippen molar-refractivity contribution in [1.29, 1.82) is 0 Å². The first-order valence-corrected chi connectivity index (χ1v) is 10.2. The van der Waals surface area contributed by atoms with Crippen molar-refractivity contribution < 1.29 is 8.42 Å². The summed E-state index contributed by atoms with van der Waals surface area (Å²) < 4.78 is 30.2. The van der Waals surface area contributed by atoms with E-state index < -0.39 is 10.0 Å². The summed E-state index contributed by atoms with van der Waals surface area (Å²) in [7, 11) is -3.43. The molecule has 0 saturated heterocycles. The van der Waals surface area contributed by atoms with Crippen LogP contribution in [0.4, 0.5) is 0 Å². The molecule has 1 atom stereocenters. The minimum Gasteiger partial charge on any atom is -0.335 e. The van der Waals surface area contributed by atoms with Gasteiger partial charge in [-0.05, 0) is 61.3 Å². The van der Waals surface area contributed by atoms with E-state index in [1.807, 2.05) is 24.5 Å². The van der Waals surface area contributed by atoms with Gasteiger partial charge in [-0.3, -0.25) is 0 Å². The number of fused-ring (bicyclic) bond motifs is 2. The van der Waals surface area contributed by atoms with Gasteiger partial charge >= 0.3 is 0 Å². The average Bonchev–Trinajstić information content (AvgIpc) is 3.07. The first kappa shape index (κ1) is 15.8. The smallest absolute Gasteiger partial charge is 0.240 e. The fourth-order valence-corrected chi connectivity index (χ4v) is 4.94. The highest BCUT2D eigenvalue weighted by molar-refractivity contribution is 7.89. The van der Waals surface area contributed by atoms with E-state index in [-0.39, 0.29) is 0 Å². The zero-order valence-electron chi connectivity index (χ0n) is 13.7. The lowest BCUT2D eigenvalue weighted by molar-refractivity contribution is 0.379. The van der Waals surface area contributed by atoms with Crippen molar-refractivity contribution in [2.45, 2.75) is 50.0 Å². The van der Waals surface area contributed by atoms with Crippen molar-refractivity contribution in [1.82, 2.24) is 14.3 Å². The Kier molecular flexibility index (Phi) is 4.18. The largest absolute Gasteiger partial charge is 0.335 e. The number of nitrogens with one attached hydrogen (secondary N) is 1. The fraction of sp³-hybridized carbons (Fsp3) is 0.500. The van der Waals surface area contributed by atoms with Crippen LogP contribution in [0.25, 0.3) is 0 Å². The summed E-state index contributed by atoms with van der Waals surface area (Å²) >= 11 is 0. The number of sulfonamides is 1. The number of nitrogens with zero attached hydrogens (tertiary/aromatic N) is 2. The first-order valence-electron chi connectivity index (χ1n) is 8.73. The molecule has 2 aromatic rings. The standard InChI is InChI=1S/C18H23N3O2S/c22-24(23,17-6-5-15-3-1-2-4-16(15)12-17)20-13-14-7-9-21-10-8-19-18(21)11-14/h5-6,8,10,12,14,20H,1-4,7,9,11,13H2/t14-/m1/s1. The first-order chi connectivity index (χ1) is 11.6. The van der Waals surface area contributed by atoms with Gasteiger partial charge in [0.05, 0.1) is 4.90 Å². The SMILES string of the molecule is O=S(=O)(NC[C@@H]1CCn2ccnc2C1)c1ccc2c(c1)CCCC2. The van der Waals surface area contributed by atoms with Gasteiger partial charge in [0.15, 0.2) is 0 Å². The molecule has 0 radical (unpaired) electrons. The van der Waals surface area contributed by atoms with Crippen LogP contribution in [0.2, 0.25) is 0 Å². The van der Waals surface area contributed by atoms with E-state index in [1.54, 1.807) is 6.07 Å². The maximum atomic E-state index is 12.6. The van der Waals surface area contributed by atoms with E-state index in [0.717, 1.165) is 44.5 Å². The quantitative estimate of drug-likeness (QED) is 0.925. The Labute approximate surface area is 143 Å². The molecule has 1 aromatic carbocycles. The highest BCUT2D eigenvalue weighted by Gasteiger charge is 2.23. The number of hydrogen-bond acceptors (Lipinski definition) is 3. The summed E-state index contributed by atoms with van der Waals surface area (Å²) in [6.07, 6.45) is 10.0. The fourth-order valence-electron chi connectivity index (χ4n) is 3.78. The molecule has 128 valence electrons. The van der Waals surface area contributed by atoms with E-state index in [2.05, 4.69) is 14.3 Å². The van der Waals surface area contributed by atoms with Gasteiger partial charge in [-0.15, -0.1) is 0 Å². The van der Waals surface area contributed by atoms with Crippen molar-refractivity contribution in [3.8, 4) is 0 Å². The summed E-state index contributed by atoms with van der Waals surface area (Å²) in [6, 6.07) is 5.60. The van der Waals surface area contributed by atoms with Crippen molar-refractivity contribution in [3.63, 3.8) is 0 Å². The van der Waals surface area contributed by atoms with Crippen LogP contribution in [0.1, 0.15) is 36.2 Å². The zero-order valence-corrected chi connectivity index (χ0v) is 14.6. The van der Waals surface area contributed by atoms with Crippen LogP contribution < -0.4 is 4.72 Å². The van der Waals surface area contributed by atoms with Gasteiger partial charge in [-0.25, -0.2) is 18.1 Å². The Morgan fingerprint density at radius 3 is 2.92 bits per heavy atom. The van der Waals surface area contributed by atoms with Gasteiger partial charge < -0.3 is 4.57 Å². The molecule has 24 heavy (non-hydrogen) atoms. The van der Waals surface area contributed by atoms with Crippen LogP contribution in [0.15, 0.2) is 35.5 Å². The molecule has 2 aliphatic rings. The molecule has 0 spiro atoms. The number of hydrogen-bond donors (Lipinski definition) is 1. The van der Waals surface area contributed by atoms with Crippen molar-refractivity contribution >= 4 is 10.0 Å². The van der Waals surface area contributed by atoms with Gasteiger partial charge in [-0.1, -0.05) is 6.07 Å². The van der Waals surface area contributed by atoms with E-state index in [0.29, 0.717) is 17.4 Å². The number of aromatic nitrogens is 2. The molecule has 0 bridgehead atoms. The number of rotatable bonds is 4. The maximum Gasteiger partial charge on any atom is 0.240 e. The molecular formula is C18H23N3O2S. The van der Waals surface area contributed by atoms with Crippen molar-refractivity contribution in [3.05, 3.63) is 47.5 Å². The molecule has 0 unspecified atom stereocenters. The Morgan fingerprint density at radius 2 is 2.04 bits per heavy atom. The summed E-state index contributed by atoms with van der Waals surface area (Å²) in [5.74, 6) is 1.37. The lowest BCUT2D eigenvalue weighted by atomic mass is 9.92. The molecule has 1 N–H and O–H groups in total. The molecule has 5 nitrogen and oxygen atoms in total. The van der Waals surface area contributed by atoms with Gasteiger partial charge in [0, 0.05) is 31.9 Å². The molecular weight excluding hydrogens is 322 g/mol. The number of aryl methyl sites for hydroxylation is 3. The van der Waals surface area contributed by atoms with Crippen LogP contribution in [0, 0.1) is 5.92 Å². The van der Waals surface area contributed by atoms with Crippen molar-refractivity contribution in [2.24, 2.45) is 5.92 Å². The number of imidazole rings is 1. The molecule has 1 aliphatic heterocycles. The second-order valence-electron chi connectivity index (χ2n) is 6.89. The lowest BCUT2D eigenvalue weighted by Gasteiger charge is -2.23. The maximum absolute atomic E-state index is 12.6. The van der Waals surface area contributed by atoms with Gasteiger partial charge in [-0.2, -0.15) is 0 Å². The van der Waals surface area contributed by atoms with Crippen LogP contribution in [-0.2, 0) is 35.8 Å². The third kappa shape index (κ3) is 3.13. The summed E-state index contributed by atoms with van der Waals surface area (Å²) in [5, 5.41) is 0. The highest BCUT2D eigenvalue weighted by Crippen LogP contribution is 2.24. The molecule has 4 rings (SSSR count). The Hall–Kier alpha value is -1.66. The zero-order chi connectivity index (χ0) is 16.6. The monoisotopic (exact) mass is 345 g/mol. The minimum atomic E-state index is -3.43. The van der Waals surface area contributed by atoms with E-state index in [1.165, 1.54) is 17.5 Å². The Balaban J connectivity index is 1.44. The third-order valence-electron chi connectivity index (χ3n) is 5.24. The van der Waals surface area contributed by atoms with Crippen LogP contribution in [0.5, 0.6) is 0 Å². The molecule has 0 saturated carbocycles. The van der Waals surface area contributed by atoms with Crippen molar-refractivity contribution in [2.75, 3.05) is 6.54 Å². The highest BCUT2D eigenvalue weighted by atomic mass is 32.2. The lowest BCUT2D eigenvalue weighted by Crippen LogP contribution is -2.33. The van der Waals surface area contributed by atoms with Crippen LogP contribution in [-0.4, -0.2) is 24.5 Å². The molecule has 1 aliphatic carbocycles. The Bertz CT molecular complexity index is 842. The summed E-state index contributed by atoms with van der Waals surface area (Å²) in [6.45, 7) is 1.40. The predicted molar refractivity (Wildman–Crippen MR) is 92.3 cm³/mol. The normalized spacial score (nSPS) is 20.4. The van der Waals surface area contributed by atoms with E-state index in [9.17, 15) is 8.42 Å². The number of benzene rings is 1. The average molecular weight is 345 g/mol. The predicted octanol–water partition coefficient (Wildman–Crippen LogP) is 2.30. The van der Waals surface area contributed by atoms with E-state index >= 15 is 0 Å². The summed E-state index contributed by atoms with van der Waals surface area (Å²) in [5.41, 5.74) is 2.50. The summed E-state index contributed by atoms with van der Waals surface area (Å²) in [4.78, 5) is 4.75. The van der Waals surface area contributed by atoms with Gasteiger partial charge in [0.1, 0.15) is 5.82 Å².